The first-order valence-electron chi connectivity index (χ1n) is 2.76. The lowest BCUT2D eigenvalue weighted by atomic mass is 10.9. The molecule has 6 nitrogen and oxygen atoms in total. The van der Waals surface area contributed by atoms with Crippen LogP contribution in [0.3, 0.4) is 0 Å². The van der Waals surface area contributed by atoms with Gasteiger partial charge in [-0.3, -0.25) is 9.79 Å². The van der Waals surface area contributed by atoms with E-state index < -0.39 is 7.82 Å². The van der Waals surface area contributed by atoms with Crippen LogP contribution in [0.2, 0.25) is 0 Å². The van der Waals surface area contributed by atoms with Crippen LogP contribution < -0.4 is 9.19 Å². The van der Waals surface area contributed by atoms with Gasteiger partial charge in [0.2, 0.25) is 0 Å². The molecule has 1 aromatic heterocycles. The lowest BCUT2D eigenvalue weighted by molar-refractivity contribution is -0.671. The summed E-state index contributed by atoms with van der Waals surface area (Å²) < 4.78 is 17.0. The molecule has 0 amide bonds. The molecular weight excluding hydrogens is 171 g/mol. The quantitative estimate of drug-likeness (QED) is 0.443. The van der Waals surface area contributed by atoms with E-state index in [-0.39, 0.29) is 0 Å². The summed E-state index contributed by atoms with van der Waals surface area (Å²) in [6, 6.07) is 0. The molecule has 62 valence electrons. The second-order valence-electron chi connectivity index (χ2n) is 2.01. The molecule has 7 heteroatoms. The third kappa shape index (κ3) is 2.71. The van der Waals surface area contributed by atoms with Crippen molar-refractivity contribution in [2.45, 2.75) is 0 Å². The van der Waals surface area contributed by atoms with Gasteiger partial charge in [0.05, 0.1) is 7.05 Å². The van der Waals surface area contributed by atoms with Gasteiger partial charge in [-0.25, -0.2) is 13.8 Å². The largest absolute Gasteiger partial charge is 0.561 e. The van der Waals surface area contributed by atoms with E-state index in [1.807, 2.05) is 0 Å². The standard InChI is InChI=1S/C4H7N2O4P/c1-5-2-3-6(4-5)10-11(7,8)9/h2-4H,1H3,(H-,7,8,9)/p+1. The van der Waals surface area contributed by atoms with Gasteiger partial charge in [-0.1, -0.05) is 0 Å². The van der Waals surface area contributed by atoms with Crippen molar-refractivity contribution in [1.82, 2.24) is 4.73 Å². The summed E-state index contributed by atoms with van der Waals surface area (Å²) in [4.78, 5) is 16.7. The zero-order chi connectivity index (χ0) is 8.48. The molecule has 1 aromatic rings. The van der Waals surface area contributed by atoms with Crippen LogP contribution in [-0.2, 0) is 11.6 Å². The average molecular weight is 179 g/mol. The number of aryl methyl sites for hydroxylation is 1. The highest BCUT2D eigenvalue weighted by atomic mass is 31.2. The number of imidazole rings is 1. The highest BCUT2D eigenvalue weighted by molar-refractivity contribution is 7.46. The van der Waals surface area contributed by atoms with Crippen LogP contribution in [0.1, 0.15) is 0 Å². The predicted octanol–water partition coefficient (Wildman–Crippen LogP) is -1.17. The minimum Gasteiger partial charge on any atom is -0.291 e. The molecule has 0 aromatic carbocycles. The average Bonchev–Trinajstić information content (AvgIpc) is 2.10. The Bertz CT molecular complexity index is 290. The van der Waals surface area contributed by atoms with Crippen LogP contribution in [0.15, 0.2) is 18.7 Å². The highest BCUT2D eigenvalue weighted by Gasteiger charge is 2.19. The second kappa shape index (κ2) is 2.65. The summed E-state index contributed by atoms with van der Waals surface area (Å²) in [5.74, 6) is 0. The van der Waals surface area contributed by atoms with Crippen molar-refractivity contribution < 1.29 is 23.5 Å². The van der Waals surface area contributed by atoms with Gasteiger partial charge in [0, 0.05) is 0 Å². The fraction of sp³-hybridized carbons (Fsp3) is 0.250. The van der Waals surface area contributed by atoms with Gasteiger partial charge >= 0.3 is 7.82 Å². The van der Waals surface area contributed by atoms with Gasteiger partial charge in [-0.15, -0.1) is 0 Å². The van der Waals surface area contributed by atoms with E-state index in [0.29, 0.717) is 0 Å². The van der Waals surface area contributed by atoms with Crippen molar-refractivity contribution in [3.05, 3.63) is 18.7 Å². The summed E-state index contributed by atoms with van der Waals surface area (Å²) >= 11 is 0. The van der Waals surface area contributed by atoms with Crippen molar-refractivity contribution in [1.29, 1.82) is 0 Å². The zero-order valence-corrected chi connectivity index (χ0v) is 6.68. The Labute approximate surface area is 62.9 Å². The predicted molar refractivity (Wildman–Crippen MR) is 34.2 cm³/mol. The Morgan fingerprint density at radius 1 is 1.64 bits per heavy atom. The molecular formula is C4H8N2O4P+. The Balaban J connectivity index is 2.73. The minimum absolute atomic E-state index is 0.945. The van der Waals surface area contributed by atoms with Crippen molar-refractivity contribution in [2.75, 3.05) is 0 Å². The maximum Gasteiger partial charge on any atom is 0.561 e. The van der Waals surface area contributed by atoms with Crippen LogP contribution in [0.25, 0.3) is 0 Å². The Hall–Kier alpha value is -0.840. The van der Waals surface area contributed by atoms with Crippen molar-refractivity contribution >= 4 is 7.82 Å². The second-order valence-corrected chi connectivity index (χ2v) is 3.16. The topological polar surface area (TPSA) is 75.6 Å². The minimum atomic E-state index is -4.42. The lowest BCUT2D eigenvalue weighted by Gasteiger charge is -1.97. The molecule has 0 aliphatic heterocycles. The van der Waals surface area contributed by atoms with Crippen molar-refractivity contribution in [3.8, 4) is 0 Å². The van der Waals surface area contributed by atoms with Gasteiger partial charge in [0.15, 0.2) is 6.20 Å². The number of hydrogen-bond donors (Lipinski definition) is 2. The number of phosphoric acid groups is 1. The Kier molecular flexibility index (Phi) is 1.99. The number of hydrogen-bond acceptors (Lipinski definition) is 2. The van der Waals surface area contributed by atoms with E-state index in [1.54, 1.807) is 17.8 Å². The molecule has 0 aliphatic rings. The van der Waals surface area contributed by atoms with E-state index in [0.717, 1.165) is 4.73 Å². The van der Waals surface area contributed by atoms with Gasteiger partial charge in [-0.05, 0) is 4.73 Å². The number of aromatic nitrogens is 2. The molecule has 0 unspecified atom stereocenters. The van der Waals surface area contributed by atoms with Crippen LogP contribution in [0.4, 0.5) is 0 Å². The zero-order valence-electron chi connectivity index (χ0n) is 5.78. The van der Waals surface area contributed by atoms with Crippen LogP contribution in [-0.4, -0.2) is 14.5 Å². The van der Waals surface area contributed by atoms with Gasteiger partial charge < -0.3 is 0 Å². The van der Waals surface area contributed by atoms with E-state index in [1.165, 1.54) is 12.5 Å². The summed E-state index contributed by atoms with van der Waals surface area (Å²) in [6.45, 7) is 0. The molecule has 0 saturated heterocycles. The molecule has 0 radical (unpaired) electrons. The molecule has 0 bridgehead atoms. The van der Waals surface area contributed by atoms with Crippen LogP contribution in [0, 0.1) is 0 Å². The van der Waals surface area contributed by atoms with E-state index in [2.05, 4.69) is 4.62 Å². The summed E-state index contributed by atoms with van der Waals surface area (Å²) in [5, 5.41) is 0. The van der Waals surface area contributed by atoms with Crippen LogP contribution in [0.5, 0.6) is 0 Å². The molecule has 1 rings (SSSR count). The van der Waals surface area contributed by atoms with Crippen molar-refractivity contribution in [3.63, 3.8) is 0 Å². The SMILES string of the molecule is C[n+]1ccn(OP(=O)(O)O)c1. The number of nitrogens with zero attached hydrogens (tertiary/aromatic N) is 2. The van der Waals surface area contributed by atoms with E-state index >= 15 is 0 Å². The lowest BCUT2D eigenvalue weighted by Crippen LogP contribution is -2.24. The van der Waals surface area contributed by atoms with E-state index in [4.69, 9.17) is 9.79 Å². The smallest absolute Gasteiger partial charge is 0.291 e. The summed E-state index contributed by atoms with van der Waals surface area (Å²) in [5.41, 5.74) is 0. The highest BCUT2D eigenvalue weighted by Crippen LogP contribution is 2.30. The molecule has 0 atom stereocenters. The van der Waals surface area contributed by atoms with E-state index in [9.17, 15) is 4.57 Å². The first-order chi connectivity index (χ1) is 4.97. The molecule has 1 heterocycles. The Morgan fingerprint density at radius 2 is 2.27 bits per heavy atom. The Morgan fingerprint density at radius 3 is 2.64 bits per heavy atom. The molecule has 0 aliphatic carbocycles. The van der Waals surface area contributed by atoms with Gasteiger partial charge in [-0.2, -0.15) is 0 Å². The normalized spacial score (nSPS) is 11.5. The third-order valence-corrected chi connectivity index (χ3v) is 1.35. The fourth-order valence-corrected chi connectivity index (χ4v) is 0.941. The van der Waals surface area contributed by atoms with Crippen LogP contribution >= 0.6 is 7.82 Å². The first-order valence-corrected chi connectivity index (χ1v) is 4.29. The van der Waals surface area contributed by atoms with Gasteiger partial charge in [0.1, 0.15) is 6.20 Å². The summed E-state index contributed by atoms with van der Waals surface area (Å²) in [6.07, 6.45) is 4.37. The molecule has 0 fully saturated rings. The van der Waals surface area contributed by atoms with Gasteiger partial charge in [0.25, 0.3) is 6.33 Å². The monoisotopic (exact) mass is 179 g/mol. The third-order valence-electron chi connectivity index (χ3n) is 0.945. The summed E-state index contributed by atoms with van der Waals surface area (Å²) in [7, 11) is -2.72. The van der Waals surface area contributed by atoms with Crippen molar-refractivity contribution in [2.24, 2.45) is 7.05 Å². The maximum atomic E-state index is 10.3. The molecule has 0 saturated carbocycles. The fourth-order valence-electron chi connectivity index (χ4n) is 0.598. The molecule has 2 N–H and O–H groups in total. The first kappa shape index (κ1) is 8.26. The molecule has 0 spiro atoms. The maximum absolute atomic E-state index is 10.3. The molecule has 11 heavy (non-hydrogen) atoms. The number of rotatable bonds is 2.